The minimum absolute atomic E-state index is 0.849. The third kappa shape index (κ3) is 2.15. The third-order valence-electron chi connectivity index (χ3n) is 5.31. The largest absolute Gasteiger partial charge is 0.356 e. The first-order valence-electron chi connectivity index (χ1n) is 7.77. The van der Waals surface area contributed by atoms with E-state index in [9.17, 15) is 0 Å². The average Bonchev–Trinajstić information content (AvgIpc) is 3.15. The Morgan fingerprint density at radius 1 is 1.20 bits per heavy atom. The predicted octanol–water partition coefficient (Wildman–Crippen LogP) is 4.35. The minimum Gasteiger partial charge on any atom is -0.356 e. The SMILES string of the molecule is Clc1c(CNCC2CC3CCC2C3)[nH]c2ccccc12. The number of aromatic nitrogens is 1. The number of benzene rings is 1. The molecule has 2 aliphatic rings. The van der Waals surface area contributed by atoms with Gasteiger partial charge in [-0.15, -0.1) is 0 Å². The Kier molecular flexibility index (Phi) is 3.24. The molecule has 3 unspecified atom stereocenters. The number of aromatic amines is 1. The molecule has 1 heterocycles. The molecule has 3 atom stereocenters. The summed E-state index contributed by atoms with van der Waals surface area (Å²) in [6, 6.07) is 8.24. The van der Waals surface area contributed by atoms with Crippen LogP contribution in [0.5, 0.6) is 0 Å². The molecule has 1 aromatic heterocycles. The van der Waals surface area contributed by atoms with Gasteiger partial charge in [0.25, 0.3) is 0 Å². The van der Waals surface area contributed by atoms with Crippen LogP contribution in [0.15, 0.2) is 24.3 Å². The second-order valence-electron chi connectivity index (χ2n) is 6.53. The quantitative estimate of drug-likeness (QED) is 0.860. The molecule has 20 heavy (non-hydrogen) atoms. The van der Waals surface area contributed by atoms with E-state index in [1.54, 1.807) is 0 Å². The molecule has 1 aromatic carbocycles. The van der Waals surface area contributed by atoms with Crippen LogP contribution in [0.3, 0.4) is 0 Å². The van der Waals surface area contributed by atoms with Crippen molar-refractivity contribution in [2.75, 3.05) is 6.54 Å². The minimum atomic E-state index is 0.849. The van der Waals surface area contributed by atoms with E-state index in [0.29, 0.717) is 0 Å². The molecular weight excluding hydrogens is 268 g/mol. The van der Waals surface area contributed by atoms with Gasteiger partial charge >= 0.3 is 0 Å². The Hall–Kier alpha value is -0.990. The fourth-order valence-corrected chi connectivity index (χ4v) is 4.57. The highest BCUT2D eigenvalue weighted by atomic mass is 35.5. The van der Waals surface area contributed by atoms with Crippen LogP contribution >= 0.6 is 11.6 Å². The van der Waals surface area contributed by atoms with Crippen molar-refractivity contribution in [2.24, 2.45) is 17.8 Å². The van der Waals surface area contributed by atoms with Crippen LogP contribution in [0, 0.1) is 17.8 Å². The molecule has 3 heteroatoms. The van der Waals surface area contributed by atoms with Crippen LogP contribution in [0.2, 0.25) is 5.02 Å². The van der Waals surface area contributed by atoms with Gasteiger partial charge in [0.1, 0.15) is 0 Å². The summed E-state index contributed by atoms with van der Waals surface area (Å²) in [5.41, 5.74) is 2.25. The van der Waals surface area contributed by atoms with Crippen LogP contribution < -0.4 is 5.32 Å². The first-order chi connectivity index (χ1) is 9.81. The Labute approximate surface area is 124 Å². The maximum atomic E-state index is 6.44. The van der Waals surface area contributed by atoms with Gasteiger partial charge in [-0.25, -0.2) is 0 Å². The normalized spacial score (nSPS) is 28.6. The second-order valence-corrected chi connectivity index (χ2v) is 6.91. The summed E-state index contributed by atoms with van der Waals surface area (Å²) < 4.78 is 0. The summed E-state index contributed by atoms with van der Waals surface area (Å²) in [6.07, 6.45) is 5.87. The molecule has 2 fully saturated rings. The van der Waals surface area contributed by atoms with Crippen molar-refractivity contribution in [3.63, 3.8) is 0 Å². The van der Waals surface area contributed by atoms with Crippen LogP contribution in [0.4, 0.5) is 0 Å². The molecule has 0 radical (unpaired) electrons. The summed E-state index contributed by atoms with van der Waals surface area (Å²) in [5, 5.41) is 5.62. The Morgan fingerprint density at radius 2 is 2.10 bits per heavy atom. The summed E-state index contributed by atoms with van der Waals surface area (Å²) in [5.74, 6) is 2.92. The van der Waals surface area contributed by atoms with Crippen molar-refractivity contribution in [3.05, 3.63) is 35.0 Å². The van der Waals surface area contributed by atoms with E-state index < -0.39 is 0 Å². The van der Waals surface area contributed by atoms with Gasteiger partial charge in [-0.2, -0.15) is 0 Å². The van der Waals surface area contributed by atoms with Gasteiger partial charge in [0.2, 0.25) is 0 Å². The van der Waals surface area contributed by atoms with E-state index in [1.807, 2.05) is 12.1 Å². The molecule has 2 saturated carbocycles. The number of halogens is 1. The van der Waals surface area contributed by atoms with Crippen molar-refractivity contribution >= 4 is 22.5 Å². The van der Waals surface area contributed by atoms with Crippen LogP contribution in [0.25, 0.3) is 10.9 Å². The number of fused-ring (bicyclic) bond motifs is 3. The lowest BCUT2D eigenvalue weighted by Crippen LogP contribution is -2.26. The topological polar surface area (TPSA) is 27.8 Å². The fourth-order valence-electron chi connectivity index (χ4n) is 4.29. The van der Waals surface area contributed by atoms with E-state index >= 15 is 0 Å². The van der Waals surface area contributed by atoms with Crippen molar-refractivity contribution in [1.29, 1.82) is 0 Å². The van der Waals surface area contributed by atoms with Crippen molar-refractivity contribution < 1.29 is 0 Å². The van der Waals surface area contributed by atoms with Crippen LogP contribution in [0.1, 0.15) is 31.4 Å². The summed E-state index contributed by atoms with van der Waals surface area (Å²) in [4.78, 5) is 3.43. The number of rotatable bonds is 4. The Bertz CT molecular complexity index is 618. The molecule has 0 amide bonds. The molecule has 106 valence electrons. The Balaban J connectivity index is 1.40. The highest BCUT2D eigenvalue weighted by molar-refractivity contribution is 6.36. The highest BCUT2D eigenvalue weighted by Gasteiger charge is 2.38. The summed E-state index contributed by atoms with van der Waals surface area (Å²) >= 11 is 6.44. The van der Waals surface area contributed by atoms with Crippen LogP contribution in [-0.2, 0) is 6.54 Å². The molecular formula is C17H21ClN2. The van der Waals surface area contributed by atoms with E-state index in [0.717, 1.165) is 52.5 Å². The number of hydrogen-bond acceptors (Lipinski definition) is 1. The summed E-state index contributed by atoms with van der Waals surface area (Å²) in [7, 11) is 0. The zero-order valence-corrected chi connectivity index (χ0v) is 12.4. The molecule has 2 nitrogen and oxygen atoms in total. The first-order valence-corrected chi connectivity index (χ1v) is 8.15. The van der Waals surface area contributed by atoms with Crippen molar-refractivity contribution in [3.8, 4) is 0 Å². The molecule has 2 bridgehead atoms. The monoisotopic (exact) mass is 288 g/mol. The van der Waals surface area contributed by atoms with Gasteiger partial charge in [-0.3, -0.25) is 0 Å². The van der Waals surface area contributed by atoms with E-state index in [1.165, 1.54) is 25.7 Å². The zero-order chi connectivity index (χ0) is 13.5. The first kappa shape index (κ1) is 12.7. The number of H-pyrrole nitrogens is 1. The second kappa shape index (κ2) is 5.09. The van der Waals surface area contributed by atoms with Gasteiger partial charge in [0, 0.05) is 23.1 Å². The van der Waals surface area contributed by atoms with E-state index in [4.69, 9.17) is 11.6 Å². The fraction of sp³-hybridized carbons (Fsp3) is 0.529. The smallest absolute Gasteiger partial charge is 0.0705 e. The number of nitrogens with one attached hydrogen (secondary N) is 2. The molecule has 0 saturated heterocycles. The van der Waals surface area contributed by atoms with E-state index in [2.05, 4.69) is 22.4 Å². The molecule has 0 spiro atoms. The molecule has 2 aromatic rings. The van der Waals surface area contributed by atoms with Crippen molar-refractivity contribution in [2.45, 2.75) is 32.2 Å². The van der Waals surface area contributed by atoms with E-state index in [-0.39, 0.29) is 0 Å². The lowest BCUT2D eigenvalue weighted by molar-refractivity contribution is 0.318. The standard InChI is InChI=1S/C17H21ClN2/c18-17-14-3-1-2-4-15(14)20-16(17)10-19-9-13-8-11-5-6-12(13)7-11/h1-4,11-13,19-20H,5-10H2. The Morgan fingerprint density at radius 3 is 2.85 bits per heavy atom. The lowest BCUT2D eigenvalue weighted by atomic mass is 9.89. The molecule has 2 aliphatic carbocycles. The molecule has 2 N–H and O–H groups in total. The maximum absolute atomic E-state index is 6.44. The van der Waals surface area contributed by atoms with Gasteiger partial charge in [-0.05, 0) is 49.6 Å². The van der Waals surface area contributed by atoms with Gasteiger partial charge in [0.15, 0.2) is 0 Å². The number of para-hydroxylation sites is 1. The zero-order valence-electron chi connectivity index (χ0n) is 11.7. The van der Waals surface area contributed by atoms with Crippen LogP contribution in [-0.4, -0.2) is 11.5 Å². The highest BCUT2D eigenvalue weighted by Crippen LogP contribution is 2.47. The summed E-state index contributed by atoms with van der Waals surface area (Å²) in [6.45, 7) is 1.99. The molecule has 0 aliphatic heterocycles. The van der Waals surface area contributed by atoms with Crippen molar-refractivity contribution in [1.82, 2.24) is 10.3 Å². The maximum Gasteiger partial charge on any atom is 0.0705 e. The number of hydrogen-bond donors (Lipinski definition) is 2. The average molecular weight is 289 g/mol. The predicted molar refractivity (Wildman–Crippen MR) is 84.0 cm³/mol. The lowest BCUT2D eigenvalue weighted by Gasteiger charge is -2.21. The molecule has 4 rings (SSSR count). The van der Waals surface area contributed by atoms with Gasteiger partial charge in [0.05, 0.1) is 5.02 Å². The third-order valence-corrected chi connectivity index (χ3v) is 5.74. The van der Waals surface area contributed by atoms with Gasteiger partial charge in [-0.1, -0.05) is 36.2 Å². The van der Waals surface area contributed by atoms with Gasteiger partial charge < -0.3 is 10.3 Å².